The van der Waals surface area contributed by atoms with Gasteiger partial charge >= 0.3 is 0 Å². The molecule has 0 atom stereocenters. The minimum Gasteiger partial charge on any atom is -0.386 e. The Balaban J connectivity index is 2.70. The summed E-state index contributed by atoms with van der Waals surface area (Å²) >= 11 is 0. The van der Waals surface area contributed by atoms with Crippen LogP contribution in [-0.2, 0) is 0 Å². The number of rotatable bonds is 3. The van der Waals surface area contributed by atoms with Gasteiger partial charge in [0.1, 0.15) is 0 Å². The summed E-state index contributed by atoms with van der Waals surface area (Å²) in [5.41, 5.74) is 3.02. The van der Waals surface area contributed by atoms with Crippen molar-refractivity contribution in [1.29, 1.82) is 5.26 Å². The third kappa shape index (κ3) is 2.21. The molecule has 0 saturated heterocycles. The van der Waals surface area contributed by atoms with Gasteiger partial charge in [-0.05, 0) is 18.1 Å². The van der Waals surface area contributed by atoms with Gasteiger partial charge in [-0.3, -0.25) is 4.98 Å². The zero-order chi connectivity index (χ0) is 13.0. The maximum Gasteiger partial charge on any atom is 0.0766 e. The largest absolute Gasteiger partial charge is 0.386 e. The standard InChI is InChI=1S/C14H16N4/c1-16-13-9-18-12-5-3-4-10(6-7-15)8-11(12)14(13)17-2/h4-5,8-9,16-17H,3,6H2,1-2H3. The topological polar surface area (TPSA) is 60.7 Å². The van der Waals surface area contributed by atoms with Gasteiger partial charge in [-0.2, -0.15) is 5.26 Å². The average molecular weight is 240 g/mol. The maximum absolute atomic E-state index is 8.82. The Morgan fingerprint density at radius 2 is 2.17 bits per heavy atom. The molecule has 1 aromatic rings. The minimum atomic E-state index is 0.431. The van der Waals surface area contributed by atoms with Crippen molar-refractivity contribution in [3.05, 3.63) is 28.4 Å². The second kappa shape index (κ2) is 5.37. The molecule has 92 valence electrons. The van der Waals surface area contributed by atoms with Crippen molar-refractivity contribution < 1.29 is 0 Å². The molecule has 18 heavy (non-hydrogen) atoms. The van der Waals surface area contributed by atoms with Crippen molar-refractivity contribution in [2.45, 2.75) is 12.8 Å². The molecule has 2 rings (SSSR count). The lowest BCUT2D eigenvalue weighted by atomic mass is 10.1. The highest BCUT2D eigenvalue weighted by molar-refractivity contribution is 5.71. The molecule has 0 radical (unpaired) electrons. The summed E-state index contributed by atoms with van der Waals surface area (Å²) in [5, 5.41) is 17.1. The monoisotopic (exact) mass is 240 g/mol. The summed E-state index contributed by atoms with van der Waals surface area (Å²) in [6.45, 7) is 0. The third-order valence-corrected chi connectivity index (χ3v) is 2.97. The van der Waals surface area contributed by atoms with Crippen LogP contribution in [0.1, 0.15) is 12.8 Å². The molecule has 1 aliphatic carbocycles. The van der Waals surface area contributed by atoms with Gasteiger partial charge < -0.3 is 10.6 Å². The Bertz CT molecular complexity index is 635. The predicted octanol–water partition coefficient (Wildman–Crippen LogP) is 0.970. The molecule has 1 heterocycles. The molecule has 0 bridgehead atoms. The molecular weight excluding hydrogens is 224 g/mol. The normalized spacial score (nSPS) is 13.1. The van der Waals surface area contributed by atoms with E-state index in [-0.39, 0.29) is 0 Å². The quantitative estimate of drug-likeness (QED) is 0.826. The number of nitrogens with zero attached hydrogens (tertiary/aromatic N) is 2. The van der Waals surface area contributed by atoms with Crippen LogP contribution >= 0.6 is 0 Å². The number of allylic oxidation sites excluding steroid dienone is 2. The molecule has 1 aliphatic rings. The van der Waals surface area contributed by atoms with E-state index in [1.807, 2.05) is 26.4 Å². The van der Waals surface area contributed by atoms with E-state index in [4.69, 9.17) is 5.26 Å². The van der Waals surface area contributed by atoms with Crippen LogP contribution in [0.3, 0.4) is 0 Å². The molecule has 0 aromatic carbocycles. The number of nitriles is 1. The SMILES string of the molecule is CNc1cnc2c(c1NC)=CC(CC#N)=CCC=2. The molecule has 0 spiro atoms. The van der Waals surface area contributed by atoms with Crippen molar-refractivity contribution in [2.75, 3.05) is 24.7 Å². The van der Waals surface area contributed by atoms with Gasteiger partial charge in [-0.1, -0.05) is 12.2 Å². The van der Waals surface area contributed by atoms with Gasteiger partial charge in [0.15, 0.2) is 0 Å². The summed E-state index contributed by atoms with van der Waals surface area (Å²) in [6, 6.07) is 2.19. The smallest absolute Gasteiger partial charge is 0.0766 e. The van der Waals surface area contributed by atoms with Crippen LogP contribution in [-0.4, -0.2) is 19.1 Å². The van der Waals surface area contributed by atoms with Crippen LogP contribution < -0.4 is 21.2 Å². The second-order valence-electron chi connectivity index (χ2n) is 4.04. The van der Waals surface area contributed by atoms with Crippen LogP contribution in [0.2, 0.25) is 0 Å². The highest BCUT2D eigenvalue weighted by Crippen LogP contribution is 2.14. The Morgan fingerprint density at radius 3 is 2.83 bits per heavy atom. The number of aromatic nitrogens is 1. The highest BCUT2D eigenvalue weighted by Gasteiger charge is 2.06. The first-order valence-corrected chi connectivity index (χ1v) is 5.92. The second-order valence-corrected chi connectivity index (χ2v) is 4.04. The lowest BCUT2D eigenvalue weighted by Crippen LogP contribution is -2.31. The lowest BCUT2D eigenvalue weighted by molar-refractivity contribution is 1.20. The van der Waals surface area contributed by atoms with Crippen LogP contribution in [0.5, 0.6) is 0 Å². The summed E-state index contributed by atoms with van der Waals surface area (Å²) in [6.07, 6.45) is 9.27. The first kappa shape index (κ1) is 12.2. The first-order chi connectivity index (χ1) is 8.80. The van der Waals surface area contributed by atoms with Crippen molar-refractivity contribution in [3.63, 3.8) is 0 Å². The molecule has 0 aliphatic heterocycles. The summed E-state index contributed by atoms with van der Waals surface area (Å²) in [4.78, 5) is 4.45. The first-order valence-electron chi connectivity index (χ1n) is 5.92. The summed E-state index contributed by atoms with van der Waals surface area (Å²) in [7, 11) is 3.76. The van der Waals surface area contributed by atoms with E-state index in [1.165, 1.54) is 0 Å². The van der Waals surface area contributed by atoms with Crippen LogP contribution in [0, 0.1) is 11.3 Å². The average Bonchev–Trinajstić information content (AvgIpc) is 2.59. The highest BCUT2D eigenvalue weighted by atomic mass is 14.9. The van der Waals surface area contributed by atoms with Gasteiger partial charge in [0.2, 0.25) is 0 Å². The number of pyridine rings is 1. The molecule has 0 fully saturated rings. The number of hydrogen-bond acceptors (Lipinski definition) is 4. The van der Waals surface area contributed by atoms with E-state index in [9.17, 15) is 0 Å². The number of anilines is 2. The Hall–Kier alpha value is -2.28. The summed E-state index contributed by atoms with van der Waals surface area (Å²) in [5.74, 6) is 0. The Labute approximate surface area is 106 Å². The predicted molar refractivity (Wildman–Crippen MR) is 74.4 cm³/mol. The Morgan fingerprint density at radius 1 is 1.33 bits per heavy atom. The molecule has 0 unspecified atom stereocenters. The number of hydrogen-bond donors (Lipinski definition) is 2. The van der Waals surface area contributed by atoms with E-state index < -0.39 is 0 Å². The third-order valence-electron chi connectivity index (χ3n) is 2.97. The van der Waals surface area contributed by atoms with E-state index in [0.717, 1.165) is 33.9 Å². The van der Waals surface area contributed by atoms with E-state index >= 15 is 0 Å². The number of fused-ring (bicyclic) bond motifs is 1. The van der Waals surface area contributed by atoms with Gasteiger partial charge in [-0.25, -0.2) is 0 Å². The van der Waals surface area contributed by atoms with Crippen LogP contribution in [0.4, 0.5) is 11.4 Å². The fourth-order valence-corrected chi connectivity index (χ4v) is 2.09. The molecule has 0 amide bonds. The van der Waals surface area contributed by atoms with E-state index in [1.54, 1.807) is 0 Å². The van der Waals surface area contributed by atoms with E-state index in [2.05, 4.69) is 33.8 Å². The van der Waals surface area contributed by atoms with Crippen LogP contribution in [0.25, 0.3) is 12.2 Å². The molecule has 1 aromatic heterocycles. The van der Waals surface area contributed by atoms with E-state index in [0.29, 0.717) is 6.42 Å². The van der Waals surface area contributed by atoms with Gasteiger partial charge in [0.05, 0.1) is 35.4 Å². The molecule has 0 saturated carbocycles. The van der Waals surface area contributed by atoms with Gasteiger partial charge in [0, 0.05) is 19.3 Å². The Kier molecular flexibility index (Phi) is 3.63. The van der Waals surface area contributed by atoms with Gasteiger partial charge in [0.25, 0.3) is 0 Å². The fraction of sp³-hybridized carbons (Fsp3) is 0.286. The number of nitrogens with one attached hydrogen (secondary N) is 2. The minimum absolute atomic E-state index is 0.431. The van der Waals surface area contributed by atoms with Crippen molar-refractivity contribution in [3.8, 4) is 6.07 Å². The zero-order valence-corrected chi connectivity index (χ0v) is 10.6. The lowest BCUT2D eigenvalue weighted by Gasteiger charge is -2.09. The maximum atomic E-state index is 8.82. The molecule has 4 nitrogen and oxygen atoms in total. The molecule has 2 N–H and O–H groups in total. The molecule has 4 heteroatoms. The zero-order valence-electron chi connectivity index (χ0n) is 10.6. The fourth-order valence-electron chi connectivity index (χ4n) is 2.09. The molecular formula is C14H16N4. The van der Waals surface area contributed by atoms with Crippen LogP contribution in [0.15, 0.2) is 17.8 Å². The van der Waals surface area contributed by atoms with Crippen molar-refractivity contribution in [1.82, 2.24) is 4.98 Å². The van der Waals surface area contributed by atoms with Crippen molar-refractivity contribution >= 4 is 23.5 Å². The van der Waals surface area contributed by atoms with Crippen molar-refractivity contribution in [2.24, 2.45) is 0 Å². The summed E-state index contributed by atoms with van der Waals surface area (Å²) < 4.78 is 0. The van der Waals surface area contributed by atoms with Gasteiger partial charge in [-0.15, -0.1) is 0 Å².